The SMILES string of the molecule is COc1cccc(C(=O)NN2CCN(CCO)CC2)c1. The Kier molecular flexibility index (Phi) is 5.34. The van der Waals surface area contributed by atoms with Crippen molar-refractivity contribution in [2.24, 2.45) is 0 Å². The third kappa shape index (κ3) is 3.93. The highest BCUT2D eigenvalue weighted by molar-refractivity contribution is 5.94. The molecule has 1 aromatic rings. The molecule has 1 aliphatic rings. The highest BCUT2D eigenvalue weighted by atomic mass is 16.5. The van der Waals surface area contributed by atoms with Crippen molar-refractivity contribution in [1.82, 2.24) is 15.3 Å². The van der Waals surface area contributed by atoms with Crippen LogP contribution >= 0.6 is 0 Å². The smallest absolute Gasteiger partial charge is 0.265 e. The fourth-order valence-electron chi connectivity index (χ4n) is 2.20. The number of benzene rings is 1. The van der Waals surface area contributed by atoms with Crippen LogP contribution in [-0.4, -0.2) is 67.4 Å². The number of ether oxygens (including phenoxy) is 1. The Hall–Kier alpha value is -1.63. The van der Waals surface area contributed by atoms with Crippen molar-refractivity contribution in [1.29, 1.82) is 0 Å². The summed E-state index contributed by atoms with van der Waals surface area (Å²) in [5, 5.41) is 10.8. The van der Waals surface area contributed by atoms with Crippen molar-refractivity contribution in [3.8, 4) is 5.75 Å². The molecular formula is C14H21N3O3. The fraction of sp³-hybridized carbons (Fsp3) is 0.500. The number of rotatable bonds is 5. The highest BCUT2D eigenvalue weighted by Gasteiger charge is 2.18. The molecule has 0 aliphatic carbocycles. The van der Waals surface area contributed by atoms with Crippen LogP contribution < -0.4 is 10.2 Å². The van der Waals surface area contributed by atoms with Crippen LogP contribution in [0.25, 0.3) is 0 Å². The fourth-order valence-corrected chi connectivity index (χ4v) is 2.20. The van der Waals surface area contributed by atoms with Crippen LogP contribution in [0.3, 0.4) is 0 Å². The summed E-state index contributed by atoms with van der Waals surface area (Å²) < 4.78 is 5.11. The summed E-state index contributed by atoms with van der Waals surface area (Å²) >= 11 is 0. The van der Waals surface area contributed by atoms with Crippen LogP contribution in [0.15, 0.2) is 24.3 Å². The lowest BCUT2D eigenvalue weighted by Gasteiger charge is -2.34. The van der Waals surface area contributed by atoms with E-state index in [1.807, 2.05) is 11.1 Å². The minimum Gasteiger partial charge on any atom is -0.497 e. The van der Waals surface area contributed by atoms with Crippen molar-refractivity contribution >= 4 is 5.91 Å². The zero-order chi connectivity index (χ0) is 14.4. The van der Waals surface area contributed by atoms with Crippen molar-refractivity contribution in [2.75, 3.05) is 46.4 Å². The third-order valence-electron chi connectivity index (χ3n) is 3.38. The number of methoxy groups -OCH3 is 1. The maximum atomic E-state index is 12.1. The van der Waals surface area contributed by atoms with E-state index >= 15 is 0 Å². The molecule has 1 heterocycles. The normalized spacial score (nSPS) is 16.9. The van der Waals surface area contributed by atoms with E-state index in [1.54, 1.807) is 25.3 Å². The van der Waals surface area contributed by atoms with Gasteiger partial charge in [0.05, 0.1) is 13.7 Å². The zero-order valence-electron chi connectivity index (χ0n) is 11.7. The van der Waals surface area contributed by atoms with Gasteiger partial charge in [-0.2, -0.15) is 0 Å². The van der Waals surface area contributed by atoms with Gasteiger partial charge in [-0.3, -0.25) is 15.1 Å². The number of hydrazine groups is 1. The Bertz CT molecular complexity index is 445. The number of carbonyl (C=O) groups excluding carboxylic acids is 1. The zero-order valence-corrected chi connectivity index (χ0v) is 11.7. The number of carbonyl (C=O) groups is 1. The summed E-state index contributed by atoms with van der Waals surface area (Å²) in [7, 11) is 1.58. The highest BCUT2D eigenvalue weighted by Crippen LogP contribution is 2.12. The van der Waals surface area contributed by atoms with E-state index in [-0.39, 0.29) is 12.5 Å². The molecule has 0 radical (unpaired) electrons. The molecule has 1 amide bonds. The van der Waals surface area contributed by atoms with E-state index in [0.29, 0.717) is 17.9 Å². The Labute approximate surface area is 118 Å². The second-order valence-electron chi connectivity index (χ2n) is 4.73. The quantitative estimate of drug-likeness (QED) is 0.791. The lowest BCUT2D eigenvalue weighted by Crippen LogP contribution is -2.53. The standard InChI is InChI=1S/C14H21N3O3/c1-20-13-4-2-3-12(11-13)14(19)15-17-7-5-16(6-8-17)9-10-18/h2-4,11,18H,5-10H2,1H3,(H,15,19). The number of nitrogens with one attached hydrogen (secondary N) is 1. The molecule has 6 nitrogen and oxygen atoms in total. The molecule has 0 aromatic heterocycles. The number of piperazine rings is 1. The predicted molar refractivity (Wildman–Crippen MR) is 75.6 cm³/mol. The maximum Gasteiger partial charge on any atom is 0.265 e. The number of aliphatic hydroxyl groups excluding tert-OH is 1. The number of amides is 1. The summed E-state index contributed by atoms with van der Waals surface area (Å²) in [6.45, 7) is 4.08. The van der Waals surface area contributed by atoms with Gasteiger partial charge in [0.1, 0.15) is 5.75 Å². The average molecular weight is 279 g/mol. The number of aliphatic hydroxyl groups is 1. The molecule has 1 aromatic carbocycles. The molecule has 0 atom stereocenters. The molecule has 0 unspecified atom stereocenters. The number of β-amino-alcohol motifs (C(OH)–C–C–N with tert-alkyl or cyclic N) is 1. The van der Waals surface area contributed by atoms with Gasteiger partial charge in [0.15, 0.2) is 0 Å². The maximum absolute atomic E-state index is 12.1. The number of hydrogen-bond acceptors (Lipinski definition) is 5. The van der Waals surface area contributed by atoms with Gasteiger partial charge >= 0.3 is 0 Å². The first-order valence-corrected chi connectivity index (χ1v) is 6.76. The van der Waals surface area contributed by atoms with Gasteiger partial charge in [-0.25, -0.2) is 5.01 Å². The minimum atomic E-state index is -0.125. The predicted octanol–water partition coefficient (Wildman–Crippen LogP) is -0.0501. The van der Waals surface area contributed by atoms with E-state index in [4.69, 9.17) is 9.84 Å². The van der Waals surface area contributed by atoms with Crippen molar-refractivity contribution in [3.63, 3.8) is 0 Å². The van der Waals surface area contributed by atoms with Gasteiger partial charge in [0.25, 0.3) is 5.91 Å². The number of hydrogen-bond donors (Lipinski definition) is 2. The largest absolute Gasteiger partial charge is 0.497 e. The molecule has 0 spiro atoms. The first kappa shape index (κ1) is 14.8. The Morgan fingerprint density at radius 2 is 2.10 bits per heavy atom. The molecule has 0 saturated carbocycles. The lowest BCUT2D eigenvalue weighted by atomic mass is 10.2. The summed E-state index contributed by atoms with van der Waals surface area (Å²) in [5.41, 5.74) is 3.48. The minimum absolute atomic E-state index is 0.125. The number of nitrogens with zero attached hydrogens (tertiary/aromatic N) is 2. The van der Waals surface area contributed by atoms with Crippen LogP contribution in [0.5, 0.6) is 5.75 Å². The monoisotopic (exact) mass is 279 g/mol. The summed E-state index contributed by atoms with van der Waals surface area (Å²) in [6, 6.07) is 7.09. The Morgan fingerprint density at radius 3 is 2.75 bits per heavy atom. The van der Waals surface area contributed by atoms with Crippen molar-refractivity contribution < 1.29 is 14.6 Å². The van der Waals surface area contributed by atoms with Gasteiger partial charge < -0.3 is 9.84 Å². The Balaban J connectivity index is 1.86. The van der Waals surface area contributed by atoms with Crippen LogP contribution in [0.4, 0.5) is 0 Å². The van der Waals surface area contributed by atoms with Crippen LogP contribution in [0, 0.1) is 0 Å². The van der Waals surface area contributed by atoms with Crippen molar-refractivity contribution in [2.45, 2.75) is 0 Å². The van der Waals surface area contributed by atoms with E-state index in [9.17, 15) is 4.79 Å². The van der Waals surface area contributed by atoms with Crippen molar-refractivity contribution in [3.05, 3.63) is 29.8 Å². The molecule has 2 rings (SSSR count). The van der Waals surface area contributed by atoms with E-state index in [1.165, 1.54) is 0 Å². The molecule has 110 valence electrons. The molecule has 20 heavy (non-hydrogen) atoms. The van der Waals surface area contributed by atoms with Gasteiger partial charge in [-0.15, -0.1) is 0 Å². The second kappa shape index (κ2) is 7.23. The van der Waals surface area contributed by atoms with E-state index in [0.717, 1.165) is 26.2 Å². The lowest BCUT2D eigenvalue weighted by molar-refractivity contribution is 0.0580. The summed E-state index contributed by atoms with van der Waals surface area (Å²) in [4.78, 5) is 14.3. The molecule has 1 saturated heterocycles. The Morgan fingerprint density at radius 1 is 1.35 bits per heavy atom. The van der Waals surface area contributed by atoms with E-state index < -0.39 is 0 Å². The second-order valence-corrected chi connectivity index (χ2v) is 4.73. The van der Waals surface area contributed by atoms with E-state index in [2.05, 4.69) is 10.3 Å². The van der Waals surface area contributed by atoms with Crippen LogP contribution in [0.2, 0.25) is 0 Å². The van der Waals surface area contributed by atoms with Crippen LogP contribution in [-0.2, 0) is 0 Å². The topological polar surface area (TPSA) is 65.0 Å². The molecule has 6 heteroatoms. The van der Waals surface area contributed by atoms with Gasteiger partial charge in [0.2, 0.25) is 0 Å². The summed E-state index contributed by atoms with van der Waals surface area (Å²) in [6.07, 6.45) is 0. The van der Waals surface area contributed by atoms with Gasteiger partial charge in [-0.05, 0) is 18.2 Å². The molecule has 2 N–H and O–H groups in total. The molecule has 0 bridgehead atoms. The van der Waals surface area contributed by atoms with Crippen LogP contribution in [0.1, 0.15) is 10.4 Å². The summed E-state index contributed by atoms with van der Waals surface area (Å²) in [5.74, 6) is 0.546. The first-order chi connectivity index (χ1) is 9.72. The molecular weight excluding hydrogens is 258 g/mol. The van der Waals surface area contributed by atoms with Gasteiger partial charge in [-0.1, -0.05) is 6.07 Å². The third-order valence-corrected chi connectivity index (χ3v) is 3.38. The molecule has 1 fully saturated rings. The van der Waals surface area contributed by atoms with Gasteiger partial charge in [0, 0.05) is 38.3 Å². The average Bonchev–Trinajstić information content (AvgIpc) is 2.49. The molecule has 1 aliphatic heterocycles. The first-order valence-electron chi connectivity index (χ1n) is 6.76.